The molecule has 19 heteroatoms. The summed E-state index contributed by atoms with van der Waals surface area (Å²) in [7, 11) is -9.91. The van der Waals surface area contributed by atoms with Gasteiger partial charge in [-0.2, -0.15) is 0 Å². The molecule has 0 aromatic carbocycles. The molecule has 0 heterocycles. The predicted molar refractivity (Wildman–Crippen MR) is 395 cm³/mol. The van der Waals surface area contributed by atoms with E-state index in [-0.39, 0.29) is 25.7 Å². The van der Waals surface area contributed by atoms with Crippen LogP contribution in [0.15, 0.2) is 0 Å². The van der Waals surface area contributed by atoms with Crippen LogP contribution in [0.3, 0.4) is 0 Å². The van der Waals surface area contributed by atoms with Crippen LogP contribution in [-0.2, 0) is 65.4 Å². The summed E-state index contributed by atoms with van der Waals surface area (Å²) in [4.78, 5) is 72.7. The van der Waals surface area contributed by atoms with Crippen molar-refractivity contribution in [2.24, 2.45) is 5.92 Å². The van der Waals surface area contributed by atoms with Gasteiger partial charge in [-0.25, -0.2) is 9.13 Å². The number of carbonyl (C=O) groups excluding carboxylic acids is 4. The Hall–Kier alpha value is -1.94. The molecule has 0 aliphatic heterocycles. The van der Waals surface area contributed by atoms with Gasteiger partial charge in [0, 0.05) is 25.7 Å². The molecular weight excluding hydrogens is 1270 g/mol. The van der Waals surface area contributed by atoms with Crippen LogP contribution in [0.25, 0.3) is 0 Å². The first-order chi connectivity index (χ1) is 47.0. The first-order valence-corrected chi connectivity index (χ1v) is 43.6. The fourth-order valence-electron chi connectivity index (χ4n) is 12.1. The van der Waals surface area contributed by atoms with Gasteiger partial charge >= 0.3 is 39.5 Å². The summed E-state index contributed by atoms with van der Waals surface area (Å²) in [5.74, 6) is -1.32. The standard InChI is InChI=1S/C78H152O17P2/c1-6-9-12-15-18-20-22-24-25-26-27-28-29-30-31-36-40-44-49-54-59-64-78(83)95-74(68-89-76(81)62-57-52-47-42-39-35-33-32-34-37-41-46-50-55-60-71(4)5)70-93-97(86,87)91-66-72(79)65-90-96(84,85)92-69-73(67-88-75(80)61-56-51-45-17-14-11-8-3)94-77(82)63-58-53-48-43-38-23-21-19-16-13-10-7-2/h71-74,79H,6-70H2,1-5H3,(H,84,85)(H,86,87)/t72-,73+,74+/m0/s1. The molecule has 0 saturated heterocycles. The normalized spacial score (nSPS) is 13.9. The monoisotopic (exact) mass is 1420 g/mol. The van der Waals surface area contributed by atoms with Crippen molar-refractivity contribution in [2.45, 2.75) is 432 Å². The Labute approximate surface area is 594 Å². The molecule has 0 aromatic heterocycles. The zero-order chi connectivity index (χ0) is 71.2. The number of phosphoric ester groups is 2. The molecule has 5 atom stereocenters. The smallest absolute Gasteiger partial charge is 0.462 e. The van der Waals surface area contributed by atoms with Gasteiger partial charge in [0.15, 0.2) is 12.2 Å². The van der Waals surface area contributed by atoms with Gasteiger partial charge in [-0.15, -0.1) is 0 Å². The van der Waals surface area contributed by atoms with E-state index in [0.29, 0.717) is 25.7 Å². The van der Waals surface area contributed by atoms with Crippen LogP contribution in [0, 0.1) is 5.92 Å². The Kier molecular flexibility index (Phi) is 69.6. The maximum Gasteiger partial charge on any atom is 0.472 e. The van der Waals surface area contributed by atoms with Crippen molar-refractivity contribution >= 4 is 39.5 Å². The number of unbranched alkanes of at least 4 members (excludes halogenated alkanes) is 50. The van der Waals surface area contributed by atoms with Crippen molar-refractivity contribution < 1.29 is 80.2 Å². The van der Waals surface area contributed by atoms with Crippen LogP contribution >= 0.6 is 15.6 Å². The highest BCUT2D eigenvalue weighted by molar-refractivity contribution is 7.47. The van der Waals surface area contributed by atoms with Crippen molar-refractivity contribution in [1.29, 1.82) is 0 Å². The quantitative estimate of drug-likeness (QED) is 0.0222. The summed E-state index contributed by atoms with van der Waals surface area (Å²) in [6, 6.07) is 0. The second kappa shape index (κ2) is 71.1. The van der Waals surface area contributed by atoms with Crippen molar-refractivity contribution in [3.05, 3.63) is 0 Å². The molecule has 0 bridgehead atoms. The van der Waals surface area contributed by atoms with Gasteiger partial charge in [0.1, 0.15) is 19.3 Å². The number of hydrogen-bond donors (Lipinski definition) is 3. The van der Waals surface area contributed by atoms with Crippen molar-refractivity contribution in [3.8, 4) is 0 Å². The number of rotatable bonds is 78. The molecule has 17 nitrogen and oxygen atoms in total. The summed E-state index contributed by atoms with van der Waals surface area (Å²) < 4.78 is 68.5. The van der Waals surface area contributed by atoms with E-state index in [9.17, 15) is 43.2 Å². The van der Waals surface area contributed by atoms with Crippen LogP contribution in [0.5, 0.6) is 0 Å². The predicted octanol–water partition coefficient (Wildman–Crippen LogP) is 23.3. The highest BCUT2D eigenvalue weighted by Gasteiger charge is 2.30. The number of phosphoric acid groups is 2. The number of aliphatic hydroxyl groups is 1. The molecule has 3 N–H and O–H groups in total. The van der Waals surface area contributed by atoms with Gasteiger partial charge in [0.2, 0.25) is 0 Å². The Bertz CT molecular complexity index is 1860. The third kappa shape index (κ3) is 72.2. The lowest BCUT2D eigenvalue weighted by atomic mass is 10.0. The second-order valence-electron chi connectivity index (χ2n) is 28.6. The molecule has 0 saturated carbocycles. The summed E-state index contributed by atoms with van der Waals surface area (Å²) in [5.41, 5.74) is 0. The van der Waals surface area contributed by atoms with Gasteiger partial charge in [-0.05, 0) is 31.6 Å². The van der Waals surface area contributed by atoms with E-state index >= 15 is 0 Å². The Morgan fingerprint density at radius 3 is 0.701 bits per heavy atom. The second-order valence-corrected chi connectivity index (χ2v) is 31.5. The summed E-state index contributed by atoms with van der Waals surface area (Å²) >= 11 is 0. The minimum Gasteiger partial charge on any atom is -0.462 e. The van der Waals surface area contributed by atoms with Gasteiger partial charge < -0.3 is 33.8 Å². The Morgan fingerprint density at radius 1 is 0.278 bits per heavy atom. The molecule has 0 amide bonds. The summed E-state index contributed by atoms with van der Waals surface area (Å²) in [5, 5.41) is 10.6. The molecule has 0 rings (SSSR count). The number of carbonyl (C=O) groups is 4. The van der Waals surface area contributed by atoms with Gasteiger partial charge in [-0.1, -0.05) is 362 Å². The first-order valence-electron chi connectivity index (χ1n) is 40.6. The first kappa shape index (κ1) is 95.1. The summed E-state index contributed by atoms with van der Waals surface area (Å²) in [6.45, 7) is 7.29. The largest absolute Gasteiger partial charge is 0.472 e. The van der Waals surface area contributed by atoms with E-state index in [1.165, 1.54) is 225 Å². The molecule has 0 aliphatic carbocycles. The van der Waals surface area contributed by atoms with Crippen LogP contribution in [-0.4, -0.2) is 96.7 Å². The van der Waals surface area contributed by atoms with E-state index in [4.69, 9.17) is 37.0 Å². The lowest BCUT2D eigenvalue weighted by molar-refractivity contribution is -0.161. The van der Waals surface area contributed by atoms with E-state index in [1.54, 1.807) is 0 Å². The van der Waals surface area contributed by atoms with Crippen LogP contribution in [0.2, 0.25) is 0 Å². The molecule has 0 aliphatic rings. The molecule has 2 unspecified atom stereocenters. The fraction of sp³-hybridized carbons (Fsp3) is 0.949. The Balaban J connectivity index is 5.16. The van der Waals surface area contributed by atoms with E-state index in [0.717, 1.165) is 109 Å². The third-order valence-corrected chi connectivity index (χ3v) is 20.2. The van der Waals surface area contributed by atoms with Gasteiger partial charge in [0.25, 0.3) is 0 Å². The third-order valence-electron chi connectivity index (χ3n) is 18.3. The average Bonchev–Trinajstić information content (AvgIpc) is 1.36. The van der Waals surface area contributed by atoms with Crippen LogP contribution < -0.4 is 0 Å². The lowest BCUT2D eigenvalue weighted by Crippen LogP contribution is -2.30. The molecule has 0 radical (unpaired) electrons. The Morgan fingerprint density at radius 2 is 0.474 bits per heavy atom. The molecular formula is C78H152O17P2. The highest BCUT2D eigenvalue weighted by Crippen LogP contribution is 2.45. The van der Waals surface area contributed by atoms with E-state index in [1.807, 2.05) is 0 Å². The zero-order valence-electron chi connectivity index (χ0n) is 63.2. The van der Waals surface area contributed by atoms with Gasteiger partial charge in [-0.3, -0.25) is 37.3 Å². The van der Waals surface area contributed by atoms with Crippen molar-refractivity contribution in [1.82, 2.24) is 0 Å². The van der Waals surface area contributed by atoms with Crippen molar-refractivity contribution in [3.63, 3.8) is 0 Å². The number of ether oxygens (including phenoxy) is 4. The molecule has 0 spiro atoms. The zero-order valence-corrected chi connectivity index (χ0v) is 65.0. The van der Waals surface area contributed by atoms with Crippen molar-refractivity contribution in [2.75, 3.05) is 39.6 Å². The maximum atomic E-state index is 13.1. The van der Waals surface area contributed by atoms with E-state index < -0.39 is 97.5 Å². The molecule has 0 aromatic rings. The van der Waals surface area contributed by atoms with Crippen LogP contribution in [0.4, 0.5) is 0 Å². The highest BCUT2D eigenvalue weighted by atomic mass is 31.2. The lowest BCUT2D eigenvalue weighted by Gasteiger charge is -2.21. The molecule has 0 fully saturated rings. The number of aliphatic hydroxyl groups excluding tert-OH is 1. The topological polar surface area (TPSA) is 237 Å². The average molecular weight is 1420 g/mol. The number of esters is 4. The maximum absolute atomic E-state index is 13.1. The van der Waals surface area contributed by atoms with E-state index in [2.05, 4.69) is 34.6 Å². The number of hydrogen-bond acceptors (Lipinski definition) is 15. The SMILES string of the molecule is CCCCCCCCCCCCCCCCCCCCCCCC(=O)O[C@H](COC(=O)CCCCCCCCCCCCCCCCC(C)C)COP(=O)(O)OC[C@@H](O)COP(=O)(O)OC[C@@H](COC(=O)CCCCCCCCC)OC(=O)CCCCCCCCCCCCCC. The van der Waals surface area contributed by atoms with Crippen LogP contribution in [0.1, 0.15) is 413 Å². The molecule has 97 heavy (non-hydrogen) atoms. The summed E-state index contributed by atoms with van der Waals surface area (Å²) in [6.07, 6.45) is 61.3. The fourth-order valence-corrected chi connectivity index (χ4v) is 13.6. The minimum atomic E-state index is -4.96. The molecule has 576 valence electrons. The minimum absolute atomic E-state index is 0.107. The van der Waals surface area contributed by atoms with Gasteiger partial charge in [0.05, 0.1) is 26.4 Å².